The van der Waals surface area contributed by atoms with Crippen molar-refractivity contribution in [1.82, 2.24) is 9.88 Å². The molecule has 1 aromatic heterocycles. The normalized spacial score (nSPS) is 24.2. The number of carbonyl (C=O) groups excluding carboxylic acids is 1. The molecule has 4 heteroatoms. The summed E-state index contributed by atoms with van der Waals surface area (Å²) in [7, 11) is 2.19. The number of aromatic nitrogens is 1. The minimum absolute atomic E-state index is 0.229. The summed E-state index contributed by atoms with van der Waals surface area (Å²) in [6.07, 6.45) is 3.40. The second-order valence-electron chi connectivity index (χ2n) is 6.45. The fourth-order valence-corrected chi connectivity index (χ4v) is 3.70. The number of esters is 1. The van der Waals surface area contributed by atoms with Gasteiger partial charge in [-0.3, -0.25) is 9.88 Å². The Labute approximate surface area is 126 Å². The lowest BCUT2D eigenvalue weighted by Gasteiger charge is -2.33. The van der Waals surface area contributed by atoms with Gasteiger partial charge in [-0.2, -0.15) is 0 Å². The Bertz CT molecular complexity index is 568. The third-order valence-electron chi connectivity index (χ3n) is 4.84. The van der Waals surface area contributed by atoms with Crippen molar-refractivity contribution in [3.63, 3.8) is 0 Å². The zero-order chi connectivity index (χ0) is 15.1. The Morgan fingerprint density at radius 3 is 2.90 bits per heavy atom. The van der Waals surface area contributed by atoms with Crippen LogP contribution in [0.1, 0.15) is 72.9 Å². The highest BCUT2D eigenvalue weighted by molar-refractivity contribution is 5.91. The van der Waals surface area contributed by atoms with Crippen LogP contribution in [0.2, 0.25) is 0 Å². The number of pyridine rings is 1. The number of hydrogen-bond acceptors (Lipinski definition) is 4. The number of fused-ring (bicyclic) bond motifs is 4. The van der Waals surface area contributed by atoms with Crippen LogP contribution in [0.3, 0.4) is 0 Å². The predicted octanol–water partition coefficient (Wildman–Crippen LogP) is 3.07. The van der Waals surface area contributed by atoms with E-state index in [0.717, 1.165) is 12.1 Å². The fourth-order valence-electron chi connectivity index (χ4n) is 3.70. The molecular weight excluding hydrogens is 264 g/mol. The van der Waals surface area contributed by atoms with E-state index in [2.05, 4.69) is 31.9 Å². The molecule has 1 saturated heterocycles. The molecule has 0 spiro atoms. The summed E-state index contributed by atoms with van der Waals surface area (Å²) in [5.41, 5.74) is 3.97. The molecule has 1 aromatic rings. The highest BCUT2D eigenvalue weighted by atomic mass is 16.5. The summed E-state index contributed by atoms with van der Waals surface area (Å²) in [5.74, 6) is -0.00807. The molecule has 0 aromatic carbocycles. The largest absolute Gasteiger partial charge is 0.462 e. The Morgan fingerprint density at radius 1 is 1.48 bits per heavy atom. The average Bonchev–Trinajstić information content (AvgIpc) is 2.70. The highest BCUT2D eigenvalue weighted by Gasteiger charge is 2.39. The molecule has 2 atom stereocenters. The zero-order valence-corrected chi connectivity index (χ0v) is 13.3. The van der Waals surface area contributed by atoms with Crippen LogP contribution < -0.4 is 0 Å². The van der Waals surface area contributed by atoms with E-state index in [1.165, 1.54) is 24.1 Å². The lowest BCUT2D eigenvalue weighted by atomic mass is 9.93. The topological polar surface area (TPSA) is 42.4 Å². The summed E-state index contributed by atoms with van der Waals surface area (Å²) in [6, 6.07) is 3.09. The molecule has 4 nitrogen and oxygen atoms in total. The van der Waals surface area contributed by atoms with E-state index < -0.39 is 0 Å². The van der Waals surface area contributed by atoms with Crippen LogP contribution in [0.5, 0.6) is 0 Å². The van der Waals surface area contributed by atoms with Crippen molar-refractivity contribution in [1.29, 1.82) is 0 Å². The predicted molar refractivity (Wildman–Crippen MR) is 81.5 cm³/mol. The van der Waals surface area contributed by atoms with Crippen LogP contribution in [0.15, 0.2) is 6.07 Å². The van der Waals surface area contributed by atoms with Gasteiger partial charge in [0.1, 0.15) is 0 Å². The molecule has 2 bridgehead atoms. The number of carbonyl (C=O) groups is 1. The minimum atomic E-state index is -0.237. The molecule has 0 saturated carbocycles. The number of rotatable bonds is 3. The second kappa shape index (κ2) is 5.41. The maximum Gasteiger partial charge on any atom is 0.340 e. The summed E-state index contributed by atoms with van der Waals surface area (Å²) in [6.45, 7) is 6.41. The van der Waals surface area contributed by atoms with Crippen molar-refractivity contribution in [2.75, 3.05) is 13.7 Å². The van der Waals surface area contributed by atoms with Crippen LogP contribution in [-0.4, -0.2) is 35.5 Å². The molecular formula is C17H24N2O2. The minimum Gasteiger partial charge on any atom is -0.462 e. The number of likely N-dealkylation sites (N-methyl/N-ethyl adjacent to an activating group) is 1. The van der Waals surface area contributed by atoms with Crippen LogP contribution in [0.4, 0.5) is 0 Å². The first-order valence-electron chi connectivity index (χ1n) is 7.95. The summed E-state index contributed by atoms with van der Waals surface area (Å²) >= 11 is 0. The zero-order valence-electron chi connectivity index (χ0n) is 13.3. The molecule has 21 heavy (non-hydrogen) atoms. The van der Waals surface area contributed by atoms with E-state index in [4.69, 9.17) is 9.72 Å². The van der Waals surface area contributed by atoms with Crippen LogP contribution in [-0.2, 0) is 11.2 Å². The van der Waals surface area contributed by atoms with Crippen molar-refractivity contribution >= 4 is 5.97 Å². The summed E-state index contributed by atoms with van der Waals surface area (Å²) in [5, 5.41) is 0. The SMILES string of the molecule is CCOC(=O)c1cc2c(nc1C(C)C)CC1CCC2N1C. The first-order valence-corrected chi connectivity index (χ1v) is 7.95. The van der Waals surface area contributed by atoms with E-state index in [-0.39, 0.29) is 11.9 Å². The molecule has 0 amide bonds. The second-order valence-corrected chi connectivity index (χ2v) is 6.45. The molecule has 2 aliphatic rings. The van der Waals surface area contributed by atoms with Gasteiger partial charge in [0.05, 0.1) is 17.9 Å². The molecule has 1 fully saturated rings. The first kappa shape index (κ1) is 14.5. The van der Waals surface area contributed by atoms with E-state index in [0.29, 0.717) is 24.3 Å². The Balaban J connectivity index is 2.09. The van der Waals surface area contributed by atoms with Crippen molar-refractivity contribution in [2.45, 2.75) is 58.0 Å². The highest BCUT2D eigenvalue weighted by Crippen LogP contribution is 2.42. The molecule has 2 unspecified atom stereocenters. The molecule has 3 rings (SSSR count). The number of nitrogens with zero attached hydrogens (tertiary/aromatic N) is 2. The van der Waals surface area contributed by atoms with Crippen LogP contribution in [0.25, 0.3) is 0 Å². The Hall–Kier alpha value is -1.42. The van der Waals surface area contributed by atoms with Gasteiger partial charge in [-0.1, -0.05) is 13.8 Å². The van der Waals surface area contributed by atoms with Gasteiger partial charge in [0, 0.05) is 24.2 Å². The van der Waals surface area contributed by atoms with Crippen molar-refractivity contribution in [2.24, 2.45) is 0 Å². The Morgan fingerprint density at radius 2 is 2.24 bits per heavy atom. The van der Waals surface area contributed by atoms with Gasteiger partial charge in [0.15, 0.2) is 0 Å². The van der Waals surface area contributed by atoms with Gasteiger partial charge in [0.25, 0.3) is 0 Å². The van der Waals surface area contributed by atoms with E-state index in [9.17, 15) is 4.79 Å². The smallest absolute Gasteiger partial charge is 0.340 e. The average molecular weight is 288 g/mol. The van der Waals surface area contributed by atoms with E-state index in [1.54, 1.807) is 0 Å². The van der Waals surface area contributed by atoms with Gasteiger partial charge < -0.3 is 4.74 Å². The van der Waals surface area contributed by atoms with E-state index in [1.807, 2.05) is 6.92 Å². The Kier molecular flexibility index (Phi) is 3.74. The molecule has 0 N–H and O–H groups in total. The number of ether oxygens (including phenoxy) is 1. The quantitative estimate of drug-likeness (QED) is 0.802. The third kappa shape index (κ3) is 2.35. The molecule has 114 valence electrons. The van der Waals surface area contributed by atoms with Crippen LogP contribution in [0, 0.1) is 0 Å². The summed E-state index contributed by atoms with van der Waals surface area (Å²) < 4.78 is 5.22. The lowest BCUT2D eigenvalue weighted by molar-refractivity contribution is 0.0523. The molecule has 3 heterocycles. The first-order chi connectivity index (χ1) is 10.0. The summed E-state index contributed by atoms with van der Waals surface area (Å²) in [4.78, 5) is 19.6. The van der Waals surface area contributed by atoms with Crippen LogP contribution >= 0.6 is 0 Å². The fraction of sp³-hybridized carbons (Fsp3) is 0.647. The van der Waals surface area contributed by atoms with E-state index >= 15 is 0 Å². The standard InChI is InChI=1S/C17H24N2O2/c1-5-21-17(20)13-9-12-14(18-16(13)10(2)3)8-11-6-7-15(12)19(11)4/h9-11,15H,5-8H2,1-4H3. The van der Waals surface area contributed by atoms with Crippen molar-refractivity contribution in [3.8, 4) is 0 Å². The maximum atomic E-state index is 12.3. The third-order valence-corrected chi connectivity index (χ3v) is 4.84. The van der Waals surface area contributed by atoms with Gasteiger partial charge in [-0.05, 0) is 44.4 Å². The van der Waals surface area contributed by atoms with Crippen molar-refractivity contribution < 1.29 is 9.53 Å². The van der Waals surface area contributed by atoms with Crippen molar-refractivity contribution in [3.05, 3.63) is 28.6 Å². The monoisotopic (exact) mass is 288 g/mol. The van der Waals surface area contributed by atoms with Gasteiger partial charge in [-0.15, -0.1) is 0 Å². The molecule has 2 aliphatic heterocycles. The molecule has 0 radical (unpaired) electrons. The number of hydrogen-bond donors (Lipinski definition) is 0. The lowest BCUT2D eigenvalue weighted by Crippen LogP contribution is -2.35. The molecule has 0 aliphatic carbocycles. The van der Waals surface area contributed by atoms with Gasteiger partial charge >= 0.3 is 5.97 Å². The maximum absolute atomic E-state index is 12.3. The van der Waals surface area contributed by atoms with Gasteiger partial charge in [0.2, 0.25) is 0 Å². The van der Waals surface area contributed by atoms with Gasteiger partial charge in [-0.25, -0.2) is 4.79 Å².